The van der Waals surface area contributed by atoms with Crippen molar-refractivity contribution in [2.24, 2.45) is 0 Å². The van der Waals surface area contributed by atoms with Crippen LogP contribution in [0.25, 0.3) is 11.1 Å². The minimum absolute atomic E-state index is 0.162. The summed E-state index contributed by atoms with van der Waals surface area (Å²) in [5.41, 5.74) is -0.508. The van der Waals surface area contributed by atoms with Crippen LogP contribution in [0.15, 0.2) is 42.5 Å². The molecule has 0 N–H and O–H groups in total. The smallest absolute Gasteiger partial charge is 0.416 e. The topological polar surface area (TPSA) is 9.23 Å². The van der Waals surface area contributed by atoms with Crippen LogP contribution >= 0.6 is 11.6 Å². The van der Waals surface area contributed by atoms with Crippen molar-refractivity contribution >= 4 is 11.6 Å². The van der Waals surface area contributed by atoms with E-state index in [0.717, 1.165) is 12.1 Å². The lowest BCUT2D eigenvalue weighted by molar-refractivity contribution is -0.137. The van der Waals surface area contributed by atoms with E-state index in [1.165, 1.54) is 30.3 Å². The Labute approximate surface area is 121 Å². The highest BCUT2D eigenvalue weighted by Gasteiger charge is 2.30. The fourth-order valence-electron chi connectivity index (χ4n) is 1.78. The van der Waals surface area contributed by atoms with Gasteiger partial charge in [0.1, 0.15) is 5.75 Å². The van der Waals surface area contributed by atoms with Crippen LogP contribution < -0.4 is 4.74 Å². The zero-order valence-corrected chi connectivity index (χ0v) is 11.1. The van der Waals surface area contributed by atoms with E-state index in [0.29, 0.717) is 0 Å². The first-order chi connectivity index (χ1) is 9.79. The van der Waals surface area contributed by atoms with Crippen LogP contribution in [0.1, 0.15) is 5.56 Å². The van der Waals surface area contributed by atoms with E-state index in [1.54, 1.807) is 0 Å². The summed E-state index contributed by atoms with van der Waals surface area (Å²) in [6, 6.07) is 8.45. The molecule has 2 aromatic carbocycles. The standard InChI is InChI=1S/C14H8ClF5O/c15-12-10(5-2-6-11(12)21-13(16)17)8-3-1-4-9(7-8)14(18,19)20/h1-7,13H. The Hall–Kier alpha value is -1.82. The second kappa shape index (κ2) is 5.89. The van der Waals surface area contributed by atoms with Crippen LogP contribution in [0.2, 0.25) is 5.02 Å². The molecule has 0 aliphatic carbocycles. The van der Waals surface area contributed by atoms with E-state index in [1.807, 2.05) is 0 Å². The van der Waals surface area contributed by atoms with Gasteiger partial charge >= 0.3 is 12.8 Å². The molecule has 1 nitrogen and oxygen atoms in total. The molecule has 0 aromatic heterocycles. The summed E-state index contributed by atoms with van der Waals surface area (Å²) < 4.78 is 66.7. The Morgan fingerprint density at radius 2 is 1.67 bits per heavy atom. The molecule has 0 atom stereocenters. The van der Waals surface area contributed by atoms with E-state index in [-0.39, 0.29) is 21.9 Å². The maximum atomic E-state index is 12.7. The van der Waals surface area contributed by atoms with Crippen LogP contribution in [0.4, 0.5) is 22.0 Å². The largest absolute Gasteiger partial charge is 0.433 e. The summed E-state index contributed by atoms with van der Waals surface area (Å²) in [7, 11) is 0. The molecule has 0 amide bonds. The van der Waals surface area contributed by atoms with E-state index in [2.05, 4.69) is 4.74 Å². The fraction of sp³-hybridized carbons (Fsp3) is 0.143. The summed E-state index contributed by atoms with van der Waals surface area (Å²) in [4.78, 5) is 0. The predicted octanol–water partition coefficient (Wildman–Crippen LogP) is 5.63. The third kappa shape index (κ3) is 3.64. The number of hydrogen-bond acceptors (Lipinski definition) is 1. The van der Waals surface area contributed by atoms with Gasteiger partial charge in [0, 0.05) is 5.56 Å². The van der Waals surface area contributed by atoms with Crippen LogP contribution in [-0.2, 0) is 6.18 Å². The van der Waals surface area contributed by atoms with Crippen LogP contribution in [0.5, 0.6) is 5.75 Å². The summed E-state index contributed by atoms with van der Waals surface area (Å²) >= 11 is 5.91. The van der Waals surface area contributed by atoms with Gasteiger partial charge in [0.15, 0.2) is 0 Å². The molecule has 0 saturated carbocycles. The second-order valence-electron chi connectivity index (χ2n) is 4.07. The van der Waals surface area contributed by atoms with Gasteiger partial charge in [-0.2, -0.15) is 22.0 Å². The number of halogens is 6. The zero-order chi connectivity index (χ0) is 15.6. The van der Waals surface area contributed by atoms with Crippen LogP contribution in [0.3, 0.4) is 0 Å². The van der Waals surface area contributed by atoms with Crippen molar-refractivity contribution in [3.63, 3.8) is 0 Å². The summed E-state index contributed by atoms with van der Waals surface area (Å²) in [6.45, 7) is -3.07. The van der Waals surface area contributed by atoms with Crippen molar-refractivity contribution in [2.45, 2.75) is 12.8 Å². The highest BCUT2D eigenvalue weighted by Crippen LogP contribution is 2.38. The minimum atomic E-state index is -4.50. The molecular weight excluding hydrogens is 315 g/mol. The molecule has 7 heteroatoms. The molecule has 2 rings (SSSR count). The molecule has 0 spiro atoms. The molecule has 0 radical (unpaired) electrons. The average Bonchev–Trinajstić information content (AvgIpc) is 2.40. The summed E-state index contributed by atoms with van der Waals surface area (Å²) in [5.74, 6) is -0.290. The highest BCUT2D eigenvalue weighted by molar-refractivity contribution is 6.34. The second-order valence-corrected chi connectivity index (χ2v) is 4.45. The van der Waals surface area contributed by atoms with Gasteiger partial charge in [0.05, 0.1) is 10.6 Å². The maximum absolute atomic E-state index is 12.7. The van der Waals surface area contributed by atoms with E-state index < -0.39 is 18.4 Å². The first-order valence-electron chi connectivity index (χ1n) is 5.70. The third-order valence-corrected chi connectivity index (χ3v) is 3.07. The van der Waals surface area contributed by atoms with Gasteiger partial charge in [-0.3, -0.25) is 0 Å². The fourth-order valence-corrected chi connectivity index (χ4v) is 2.06. The molecule has 0 fully saturated rings. The Balaban J connectivity index is 2.48. The van der Waals surface area contributed by atoms with Gasteiger partial charge in [-0.15, -0.1) is 0 Å². The lowest BCUT2D eigenvalue weighted by Crippen LogP contribution is -2.05. The number of ether oxygens (including phenoxy) is 1. The van der Waals surface area contributed by atoms with Gasteiger partial charge in [0.25, 0.3) is 0 Å². The molecule has 0 unspecified atom stereocenters. The van der Waals surface area contributed by atoms with Crippen LogP contribution in [-0.4, -0.2) is 6.61 Å². The zero-order valence-electron chi connectivity index (χ0n) is 10.3. The van der Waals surface area contributed by atoms with E-state index in [9.17, 15) is 22.0 Å². The molecule has 0 heterocycles. The number of benzene rings is 2. The molecule has 0 aliphatic heterocycles. The quantitative estimate of drug-likeness (QED) is 0.666. The SMILES string of the molecule is FC(F)Oc1cccc(-c2cccc(C(F)(F)F)c2)c1Cl. The Kier molecular flexibility index (Phi) is 4.37. The first kappa shape index (κ1) is 15.6. The average molecular weight is 323 g/mol. The molecular formula is C14H8ClF5O. The monoisotopic (exact) mass is 322 g/mol. The van der Waals surface area contributed by atoms with Crippen molar-refractivity contribution in [2.75, 3.05) is 0 Å². The molecule has 21 heavy (non-hydrogen) atoms. The van der Waals surface area contributed by atoms with Crippen molar-refractivity contribution in [1.29, 1.82) is 0 Å². The van der Waals surface area contributed by atoms with Crippen molar-refractivity contribution in [3.05, 3.63) is 53.1 Å². The van der Waals surface area contributed by atoms with Crippen molar-refractivity contribution in [1.82, 2.24) is 0 Å². The molecule has 2 aromatic rings. The molecule has 0 aliphatic rings. The van der Waals surface area contributed by atoms with Gasteiger partial charge in [-0.1, -0.05) is 35.9 Å². The van der Waals surface area contributed by atoms with Gasteiger partial charge in [-0.05, 0) is 23.8 Å². The molecule has 0 saturated heterocycles. The summed E-state index contributed by atoms with van der Waals surface area (Å²) in [5, 5.41) is -0.169. The van der Waals surface area contributed by atoms with Crippen molar-refractivity contribution < 1.29 is 26.7 Å². The lowest BCUT2D eigenvalue weighted by atomic mass is 10.0. The first-order valence-corrected chi connectivity index (χ1v) is 6.08. The van der Waals surface area contributed by atoms with E-state index >= 15 is 0 Å². The number of alkyl halides is 5. The normalized spacial score (nSPS) is 11.8. The number of rotatable bonds is 3. The van der Waals surface area contributed by atoms with Gasteiger partial charge < -0.3 is 4.74 Å². The lowest BCUT2D eigenvalue weighted by Gasteiger charge is -2.12. The maximum Gasteiger partial charge on any atom is 0.416 e. The Bertz CT molecular complexity index is 640. The Morgan fingerprint density at radius 1 is 1.00 bits per heavy atom. The van der Waals surface area contributed by atoms with Gasteiger partial charge in [0.2, 0.25) is 0 Å². The number of hydrogen-bond donors (Lipinski definition) is 0. The summed E-state index contributed by atoms with van der Waals surface area (Å²) in [6.07, 6.45) is -4.50. The van der Waals surface area contributed by atoms with Crippen LogP contribution in [0, 0.1) is 0 Å². The van der Waals surface area contributed by atoms with Crippen molar-refractivity contribution in [3.8, 4) is 16.9 Å². The third-order valence-electron chi connectivity index (χ3n) is 2.68. The minimum Gasteiger partial charge on any atom is -0.433 e. The molecule has 112 valence electrons. The van der Waals surface area contributed by atoms with E-state index in [4.69, 9.17) is 11.6 Å². The predicted molar refractivity (Wildman–Crippen MR) is 68.5 cm³/mol. The highest BCUT2D eigenvalue weighted by atomic mass is 35.5. The van der Waals surface area contributed by atoms with Gasteiger partial charge in [-0.25, -0.2) is 0 Å². The Morgan fingerprint density at radius 3 is 2.29 bits per heavy atom. The molecule has 0 bridgehead atoms.